The molecule has 5 rings (SSSR count). The van der Waals surface area contributed by atoms with E-state index < -0.39 is 7.26 Å². The summed E-state index contributed by atoms with van der Waals surface area (Å²) in [6.07, 6.45) is 0. The maximum absolute atomic E-state index is 6.31. The molecule has 4 aromatic rings. The van der Waals surface area contributed by atoms with Crippen LogP contribution in [0.1, 0.15) is 5.89 Å². The highest BCUT2D eigenvalue weighted by molar-refractivity contribution is 8.01. The van der Waals surface area contributed by atoms with E-state index in [0.29, 0.717) is 19.1 Å². The smallest absolute Gasteiger partial charge is 0.261 e. The van der Waals surface area contributed by atoms with E-state index in [9.17, 15) is 0 Å². The van der Waals surface area contributed by atoms with Crippen molar-refractivity contribution in [2.24, 2.45) is 0 Å². The fourth-order valence-corrected chi connectivity index (χ4v) is 8.62. The molecule has 1 aromatic heterocycles. The van der Waals surface area contributed by atoms with Gasteiger partial charge in [0.15, 0.2) is 13.2 Å². The third-order valence-electron chi connectivity index (χ3n) is 5.75. The number of hydrogen-bond donors (Lipinski definition) is 0. The molecule has 0 bridgehead atoms. The van der Waals surface area contributed by atoms with Gasteiger partial charge in [-0.05, 0) is 36.4 Å². The van der Waals surface area contributed by atoms with E-state index in [1.54, 1.807) is 0 Å². The van der Waals surface area contributed by atoms with E-state index in [1.165, 1.54) is 15.9 Å². The van der Waals surface area contributed by atoms with Crippen LogP contribution < -0.4 is 26.2 Å². The molecule has 164 valence electrons. The zero-order chi connectivity index (χ0) is 21.1. The zero-order valence-corrected chi connectivity index (χ0v) is 19.8. The molecule has 0 amide bonds. The quantitative estimate of drug-likeness (QED) is 0.419. The second-order valence-electron chi connectivity index (χ2n) is 7.64. The molecule has 1 saturated heterocycles. The first-order valence-electron chi connectivity index (χ1n) is 10.7. The lowest BCUT2D eigenvalue weighted by molar-refractivity contribution is 0.120. The fourth-order valence-electron chi connectivity index (χ4n) is 4.37. The maximum Gasteiger partial charge on any atom is 0.261 e. The van der Waals surface area contributed by atoms with Gasteiger partial charge < -0.3 is 14.1 Å². The van der Waals surface area contributed by atoms with E-state index >= 15 is 0 Å². The van der Waals surface area contributed by atoms with Gasteiger partial charge in [-0.15, -0.1) is 12.4 Å². The minimum Gasteiger partial charge on any atom is -0.421 e. The predicted molar refractivity (Wildman–Crippen MR) is 136 cm³/mol. The van der Waals surface area contributed by atoms with Crippen molar-refractivity contribution in [1.82, 2.24) is 4.98 Å². The number of aromatic nitrogens is 1. The van der Waals surface area contributed by atoms with Crippen molar-refractivity contribution in [2.45, 2.75) is 6.92 Å². The van der Waals surface area contributed by atoms with Crippen LogP contribution in [0.2, 0.25) is 0 Å². The van der Waals surface area contributed by atoms with Gasteiger partial charge in [0.25, 0.3) is 11.3 Å². The van der Waals surface area contributed by atoms with E-state index in [2.05, 4.69) is 95.9 Å². The van der Waals surface area contributed by atoms with E-state index in [0.717, 1.165) is 24.4 Å². The molecule has 0 unspecified atom stereocenters. The number of aryl methyl sites for hydroxylation is 1. The summed E-state index contributed by atoms with van der Waals surface area (Å²) < 4.78 is 11.9. The Labute approximate surface area is 196 Å². The first kappa shape index (κ1) is 22.5. The number of oxazole rings is 1. The molecule has 3 aromatic carbocycles. The van der Waals surface area contributed by atoms with Crippen LogP contribution >= 0.6 is 19.7 Å². The Morgan fingerprint density at radius 1 is 0.719 bits per heavy atom. The van der Waals surface area contributed by atoms with Gasteiger partial charge in [0, 0.05) is 20.0 Å². The summed E-state index contributed by atoms with van der Waals surface area (Å²) in [5.41, 5.74) is 1.04. The Hall–Kier alpha value is -2.65. The number of hydrogen-bond acceptors (Lipinski definition) is 4. The Kier molecular flexibility index (Phi) is 6.95. The molecule has 32 heavy (non-hydrogen) atoms. The summed E-state index contributed by atoms with van der Waals surface area (Å²) in [5, 5.41) is 3.82. The number of ether oxygens (including phenoxy) is 1. The van der Waals surface area contributed by atoms with Gasteiger partial charge in [-0.25, -0.2) is 0 Å². The molecule has 2 heterocycles. The highest BCUT2D eigenvalue weighted by Gasteiger charge is 2.53. The normalized spacial score (nSPS) is 14.1. The first-order chi connectivity index (χ1) is 15.3. The molecule has 4 nitrogen and oxygen atoms in total. The van der Waals surface area contributed by atoms with Crippen LogP contribution in [0.4, 0.5) is 5.88 Å². The SMILES string of the molecule is Cc1nc([P+](c2ccccc2)(c2ccccc2)c2ccccc2)c(N2CCOCC2)o1.Cl. The zero-order valence-electron chi connectivity index (χ0n) is 18.1. The average molecular weight is 466 g/mol. The van der Waals surface area contributed by atoms with Gasteiger partial charge in [-0.1, -0.05) is 54.6 Å². The van der Waals surface area contributed by atoms with Crippen LogP contribution in [-0.2, 0) is 4.74 Å². The van der Waals surface area contributed by atoms with Gasteiger partial charge >= 0.3 is 0 Å². The van der Waals surface area contributed by atoms with Crippen LogP contribution in [-0.4, -0.2) is 31.3 Å². The molecule has 0 radical (unpaired) electrons. The van der Waals surface area contributed by atoms with Crippen LogP contribution in [0.25, 0.3) is 0 Å². The Bertz CT molecular complexity index is 1030. The average Bonchev–Trinajstić information content (AvgIpc) is 3.24. The Morgan fingerprint density at radius 3 is 1.59 bits per heavy atom. The molecule has 6 heteroatoms. The number of benzene rings is 3. The van der Waals surface area contributed by atoms with Crippen molar-refractivity contribution >= 4 is 46.9 Å². The summed E-state index contributed by atoms with van der Waals surface area (Å²) in [6.45, 7) is 4.96. The maximum atomic E-state index is 6.31. The van der Waals surface area contributed by atoms with Crippen molar-refractivity contribution in [3.05, 3.63) is 96.9 Å². The van der Waals surface area contributed by atoms with Gasteiger partial charge in [0.2, 0.25) is 0 Å². The predicted octanol–water partition coefficient (Wildman–Crippen LogP) is 3.86. The number of nitrogens with zero attached hydrogens (tertiary/aromatic N) is 2. The van der Waals surface area contributed by atoms with Crippen molar-refractivity contribution in [3.8, 4) is 0 Å². The van der Waals surface area contributed by atoms with Crippen LogP contribution in [0, 0.1) is 6.92 Å². The Balaban J connectivity index is 0.00000245. The molecule has 1 aliphatic heterocycles. The monoisotopic (exact) mass is 465 g/mol. The summed E-state index contributed by atoms with van der Waals surface area (Å²) in [5.74, 6) is 1.58. The van der Waals surface area contributed by atoms with E-state index in [-0.39, 0.29) is 12.4 Å². The number of morpholine rings is 1. The van der Waals surface area contributed by atoms with Gasteiger partial charge in [-0.3, -0.25) is 0 Å². The lowest BCUT2D eigenvalue weighted by Gasteiger charge is -2.30. The third-order valence-corrected chi connectivity index (χ3v) is 9.89. The van der Waals surface area contributed by atoms with Gasteiger partial charge in [0.1, 0.15) is 15.9 Å². The Morgan fingerprint density at radius 2 is 1.16 bits per heavy atom. The summed E-state index contributed by atoms with van der Waals surface area (Å²) in [6, 6.07) is 32.4. The number of halogens is 1. The molecular weight excluding hydrogens is 439 g/mol. The minimum absolute atomic E-state index is 0. The van der Waals surface area contributed by atoms with Crippen LogP contribution in [0.3, 0.4) is 0 Å². The molecule has 0 atom stereocenters. The lowest BCUT2D eigenvalue weighted by Crippen LogP contribution is -2.44. The molecular formula is C26H27ClN2O2P+. The summed E-state index contributed by atoms with van der Waals surface area (Å²) >= 11 is 0. The molecule has 1 aliphatic rings. The van der Waals surface area contributed by atoms with E-state index in [1.807, 2.05) is 6.92 Å². The topological polar surface area (TPSA) is 38.5 Å². The fraction of sp³-hybridized carbons (Fsp3) is 0.192. The summed E-state index contributed by atoms with van der Waals surface area (Å²) in [4.78, 5) is 7.38. The van der Waals surface area contributed by atoms with Crippen molar-refractivity contribution in [1.29, 1.82) is 0 Å². The van der Waals surface area contributed by atoms with Gasteiger partial charge in [-0.2, -0.15) is 4.98 Å². The van der Waals surface area contributed by atoms with Crippen molar-refractivity contribution in [3.63, 3.8) is 0 Å². The minimum atomic E-state index is -2.28. The second-order valence-corrected chi connectivity index (χ2v) is 11.0. The molecule has 0 saturated carbocycles. The van der Waals surface area contributed by atoms with Crippen LogP contribution in [0.15, 0.2) is 95.4 Å². The molecule has 1 fully saturated rings. The highest BCUT2D eigenvalue weighted by Crippen LogP contribution is 2.55. The van der Waals surface area contributed by atoms with Crippen LogP contribution in [0.5, 0.6) is 0 Å². The molecule has 0 aliphatic carbocycles. The largest absolute Gasteiger partial charge is 0.421 e. The lowest BCUT2D eigenvalue weighted by atomic mass is 10.4. The van der Waals surface area contributed by atoms with Gasteiger partial charge in [0.05, 0.1) is 13.2 Å². The first-order valence-corrected chi connectivity index (χ1v) is 12.5. The number of rotatable bonds is 5. The second kappa shape index (κ2) is 9.87. The van der Waals surface area contributed by atoms with Crippen molar-refractivity contribution in [2.75, 3.05) is 31.2 Å². The van der Waals surface area contributed by atoms with E-state index in [4.69, 9.17) is 14.1 Å². The molecule has 0 N–H and O–H groups in total. The number of anilines is 1. The summed E-state index contributed by atoms with van der Waals surface area (Å²) in [7, 11) is -2.28. The van der Waals surface area contributed by atoms with Crippen molar-refractivity contribution < 1.29 is 9.15 Å². The third kappa shape index (κ3) is 3.95. The standard InChI is InChI=1S/C26H26N2O2P.ClH/c1-21-27-25(26(30-21)28-17-19-29-20-18-28)31(22-11-5-2-6-12-22,23-13-7-3-8-14-23)24-15-9-4-10-16-24;/h2-16H,17-20H2,1H3;1H/q+1;. The highest BCUT2D eigenvalue weighted by atomic mass is 35.5. The molecule has 0 spiro atoms.